The summed E-state index contributed by atoms with van der Waals surface area (Å²) >= 11 is 1.45. The molecular weight excluding hydrogens is 358 g/mol. The molecule has 0 heterocycles. The van der Waals surface area contributed by atoms with Crippen LogP contribution in [-0.4, -0.2) is 56.3 Å². The fourth-order valence-corrected chi connectivity index (χ4v) is 3.37. The molecule has 2 atom stereocenters. The van der Waals surface area contributed by atoms with E-state index in [0.717, 1.165) is 0 Å². The standard InChI is InChI=1S/C18H33NO6S/c1-13(2)11-25-16(21)14(3)10-18(4,17(22)24-8-7-19)12-26-9-6-15(20)23-5/h13-14H,6-12,19H2,1-5H3. The van der Waals surface area contributed by atoms with Gasteiger partial charge in [-0.1, -0.05) is 20.8 Å². The molecule has 2 N–H and O–H groups in total. The van der Waals surface area contributed by atoms with Crippen LogP contribution in [-0.2, 0) is 28.6 Å². The van der Waals surface area contributed by atoms with Gasteiger partial charge in [-0.2, -0.15) is 11.8 Å². The lowest BCUT2D eigenvalue weighted by molar-refractivity contribution is -0.157. The Balaban J connectivity index is 4.82. The van der Waals surface area contributed by atoms with E-state index in [0.29, 0.717) is 24.5 Å². The molecule has 0 aromatic rings. The molecule has 2 unspecified atom stereocenters. The Morgan fingerprint density at radius 1 is 1.15 bits per heavy atom. The predicted octanol–water partition coefficient (Wildman–Crippen LogP) is 2.02. The molecule has 0 spiro atoms. The number of esters is 3. The zero-order valence-corrected chi connectivity index (χ0v) is 17.4. The van der Waals surface area contributed by atoms with Crippen LogP contribution in [0.3, 0.4) is 0 Å². The molecule has 0 aromatic carbocycles. The summed E-state index contributed by atoms with van der Waals surface area (Å²) in [6.45, 7) is 8.16. The molecule has 0 amide bonds. The molecule has 0 bridgehead atoms. The summed E-state index contributed by atoms with van der Waals surface area (Å²) in [5.74, 6) is -0.247. The first-order valence-electron chi connectivity index (χ1n) is 8.84. The number of ether oxygens (including phenoxy) is 3. The van der Waals surface area contributed by atoms with Crippen molar-refractivity contribution in [2.75, 3.05) is 38.4 Å². The van der Waals surface area contributed by atoms with Crippen LogP contribution in [0, 0.1) is 17.3 Å². The molecule has 26 heavy (non-hydrogen) atoms. The number of methoxy groups -OCH3 is 1. The average molecular weight is 392 g/mol. The van der Waals surface area contributed by atoms with Gasteiger partial charge in [0, 0.05) is 18.1 Å². The van der Waals surface area contributed by atoms with Gasteiger partial charge in [0.15, 0.2) is 0 Å². The van der Waals surface area contributed by atoms with Gasteiger partial charge < -0.3 is 19.9 Å². The summed E-state index contributed by atoms with van der Waals surface area (Å²) in [4.78, 5) is 35.9. The number of hydrogen-bond donors (Lipinski definition) is 1. The van der Waals surface area contributed by atoms with Crippen LogP contribution in [0.2, 0.25) is 0 Å². The predicted molar refractivity (Wildman–Crippen MR) is 102 cm³/mol. The molecule has 7 nitrogen and oxygen atoms in total. The minimum atomic E-state index is -0.869. The number of rotatable bonds is 13. The van der Waals surface area contributed by atoms with Gasteiger partial charge in [-0.25, -0.2) is 0 Å². The van der Waals surface area contributed by atoms with Crippen molar-refractivity contribution < 1.29 is 28.6 Å². The summed E-state index contributed by atoms with van der Waals surface area (Å²) in [6.07, 6.45) is 0.569. The lowest BCUT2D eigenvalue weighted by Crippen LogP contribution is -2.37. The quantitative estimate of drug-likeness (QED) is 0.289. The first kappa shape index (κ1) is 24.7. The van der Waals surface area contributed by atoms with E-state index in [1.165, 1.54) is 18.9 Å². The van der Waals surface area contributed by atoms with Crippen molar-refractivity contribution in [3.8, 4) is 0 Å². The molecule has 0 fully saturated rings. The maximum Gasteiger partial charge on any atom is 0.312 e. The molecule has 0 saturated carbocycles. The second-order valence-electron chi connectivity index (χ2n) is 6.99. The molecule has 0 radical (unpaired) electrons. The first-order valence-corrected chi connectivity index (χ1v) is 10.00. The Bertz CT molecular complexity index is 457. The Labute approximate surface area is 160 Å². The van der Waals surface area contributed by atoms with Gasteiger partial charge >= 0.3 is 17.9 Å². The van der Waals surface area contributed by atoms with Crippen LogP contribution in [0.25, 0.3) is 0 Å². The third-order valence-electron chi connectivity index (χ3n) is 3.66. The minimum absolute atomic E-state index is 0.132. The maximum atomic E-state index is 12.5. The van der Waals surface area contributed by atoms with Crippen molar-refractivity contribution in [1.82, 2.24) is 0 Å². The van der Waals surface area contributed by atoms with Gasteiger partial charge in [0.2, 0.25) is 0 Å². The molecule has 0 rings (SSSR count). The van der Waals surface area contributed by atoms with Crippen molar-refractivity contribution in [3.05, 3.63) is 0 Å². The fourth-order valence-electron chi connectivity index (χ4n) is 2.23. The molecule has 152 valence electrons. The zero-order chi connectivity index (χ0) is 20.2. The molecule has 0 aliphatic heterocycles. The highest BCUT2D eigenvalue weighted by molar-refractivity contribution is 7.99. The molecule has 8 heteroatoms. The zero-order valence-electron chi connectivity index (χ0n) is 16.5. The van der Waals surface area contributed by atoms with Crippen LogP contribution < -0.4 is 5.73 Å². The number of thioether (sulfide) groups is 1. The van der Waals surface area contributed by atoms with E-state index in [1.54, 1.807) is 13.8 Å². The van der Waals surface area contributed by atoms with Crippen molar-refractivity contribution >= 4 is 29.7 Å². The number of carbonyl (C=O) groups is 3. The van der Waals surface area contributed by atoms with E-state index < -0.39 is 17.3 Å². The van der Waals surface area contributed by atoms with E-state index in [1.807, 2.05) is 13.8 Å². The van der Waals surface area contributed by atoms with Gasteiger partial charge in [0.05, 0.1) is 31.5 Å². The van der Waals surface area contributed by atoms with E-state index in [-0.39, 0.29) is 37.4 Å². The van der Waals surface area contributed by atoms with Gasteiger partial charge in [0.25, 0.3) is 0 Å². The van der Waals surface area contributed by atoms with Crippen molar-refractivity contribution in [2.24, 2.45) is 23.0 Å². The van der Waals surface area contributed by atoms with Crippen LogP contribution in [0.4, 0.5) is 0 Å². The normalized spacial score (nSPS) is 14.4. The SMILES string of the molecule is COC(=O)CCSCC(C)(CC(C)C(=O)OCC(C)C)C(=O)OCCN. The van der Waals surface area contributed by atoms with Gasteiger partial charge in [-0.15, -0.1) is 0 Å². The molecule has 0 aliphatic rings. The number of nitrogens with two attached hydrogens (primary N) is 1. The van der Waals surface area contributed by atoms with Crippen molar-refractivity contribution in [1.29, 1.82) is 0 Å². The third kappa shape index (κ3) is 10.0. The molecule has 0 saturated heterocycles. The third-order valence-corrected chi connectivity index (χ3v) is 4.99. The topological polar surface area (TPSA) is 105 Å². The van der Waals surface area contributed by atoms with Crippen LogP contribution >= 0.6 is 11.8 Å². The minimum Gasteiger partial charge on any atom is -0.469 e. The Hall–Kier alpha value is -1.28. The van der Waals surface area contributed by atoms with Crippen LogP contribution in [0.5, 0.6) is 0 Å². The molecular formula is C18H33NO6S. The summed E-state index contributed by atoms with van der Waals surface area (Å²) < 4.78 is 15.1. The second-order valence-corrected chi connectivity index (χ2v) is 8.10. The van der Waals surface area contributed by atoms with Crippen molar-refractivity contribution in [3.63, 3.8) is 0 Å². The summed E-state index contributed by atoms with van der Waals surface area (Å²) in [5.41, 5.74) is 4.53. The maximum absolute atomic E-state index is 12.5. The van der Waals surface area contributed by atoms with Gasteiger partial charge in [0.1, 0.15) is 6.61 Å². The van der Waals surface area contributed by atoms with Crippen LogP contribution in [0.1, 0.15) is 40.5 Å². The Morgan fingerprint density at radius 3 is 2.35 bits per heavy atom. The summed E-state index contributed by atoms with van der Waals surface area (Å²) in [5, 5.41) is 0. The summed E-state index contributed by atoms with van der Waals surface area (Å²) in [7, 11) is 1.34. The van der Waals surface area contributed by atoms with Gasteiger partial charge in [-0.3, -0.25) is 14.4 Å². The van der Waals surface area contributed by atoms with E-state index in [4.69, 9.17) is 15.2 Å². The van der Waals surface area contributed by atoms with E-state index in [2.05, 4.69) is 4.74 Å². The van der Waals surface area contributed by atoms with Gasteiger partial charge in [-0.05, 0) is 19.3 Å². The first-order chi connectivity index (χ1) is 12.2. The lowest BCUT2D eigenvalue weighted by atomic mass is 9.83. The Morgan fingerprint density at radius 2 is 1.81 bits per heavy atom. The Kier molecular flexibility index (Phi) is 12.3. The number of hydrogen-bond acceptors (Lipinski definition) is 8. The average Bonchev–Trinajstić information content (AvgIpc) is 2.60. The molecule has 0 aliphatic carbocycles. The van der Waals surface area contributed by atoms with Crippen LogP contribution in [0.15, 0.2) is 0 Å². The summed E-state index contributed by atoms with van der Waals surface area (Å²) in [6, 6.07) is 0. The highest BCUT2D eigenvalue weighted by atomic mass is 32.2. The smallest absolute Gasteiger partial charge is 0.312 e. The molecule has 0 aromatic heterocycles. The largest absolute Gasteiger partial charge is 0.469 e. The van der Waals surface area contributed by atoms with Crippen molar-refractivity contribution in [2.45, 2.75) is 40.5 Å². The highest BCUT2D eigenvalue weighted by Gasteiger charge is 2.38. The monoisotopic (exact) mass is 391 g/mol. The highest BCUT2D eigenvalue weighted by Crippen LogP contribution is 2.33. The fraction of sp³-hybridized carbons (Fsp3) is 0.833. The van der Waals surface area contributed by atoms with E-state index >= 15 is 0 Å². The lowest BCUT2D eigenvalue weighted by Gasteiger charge is -2.29. The second kappa shape index (κ2) is 13.0. The number of carbonyl (C=O) groups excluding carboxylic acids is 3. The van der Waals surface area contributed by atoms with E-state index in [9.17, 15) is 14.4 Å².